The minimum Gasteiger partial charge on any atom is -0.384 e. The molecule has 0 aliphatic carbocycles. The van der Waals surface area contributed by atoms with E-state index >= 15 is 0 Å². The number of amides is 1. The van der Waals surface area contributed by atoms with Crippen molar-refractivity contribution in [2.24, 2.45) is 10.9 Å². The minimum absolute atomic E-state index is 0.0912. The van der Waals surface area contributed by atoms with E-state index in [0.29, 0.717) is 13.0 Å². The lowest BCUT2D eigenvalue weighted by Gasteiger charge is -2.20. The summed E-state index contributed by atoms with van der Waals surface area (Å²) in [6.45, 7) is 3.09. The van der Waals surface area contributed by atoms with Crippen LogP contribution >= 0.6 is 0 Å². The Kier molecular flexibility index (Phi) is 5.53. The fraction of sp³-hybridized carbons (Fsp3) is 0.308. The maximum absolute atomic E-state index is 11.6. The van der Waals surface area contributed by atoms with Crippen molar-refractivity contribution in [1.29, 1.82) is 0 Å². The van der Waals surface area contributed by atoms with Crippen LogP contribution in [0.1, 0.15) is 20.3 Å². The summed E-state index contributed by atoms with van der Waals surface area (Å²) in [5, 5.41) is 3.46. The summed E-state index contributed by atoms with van der Waals surface area (Å²) in [6.07, 6.45) is 0.321. The Morgan fingerprint density at radius 3 is 2.42 bits per heavy atom. The number of hydrogen-bond acceptors (Lipinski definition) is 4. The zero-order valence-electron chi connectivity index (χ0n) is 11.0. The van der Waals surface area contributed by atoms with Crippen LogP contribution in [0.5, 0.6) is 0 Å². The summed E-state index contributed by atoms with van der Waals surface area (Å²) < 4.78 is 0. The van der Waals surface area contributed by atoms with Gasteiger partial charge in [0, 0.05) is 32.5 Å². The van der Waals surface area contributed by atoms with E-state index in [2.05, 4.69) is 9.99 Å². The van der Waals surface area contributed by atoms with Gasteiger partial charge in [-0.15, -0.1) is 0 Å². The van der Waals surface area contributed by atoms with Gasteiger partial charge in [-0.2, -0.15) is 0 Å². The van der Waals surface area contributed by atoms with Crippen LogP contribution in [0.2, 0.25) is 0 Å². The lowest BCUT2D eigenvalue weighted by Crippen LogP contribution is -2.32. The highest BCUT2D eigenvalue weighted by Gasteiger charge is 2.11. The second-order valence-corrected chi connectivity index (χ2v) is 3.92. The third-order valence-corrected chi connectivity index (χ3v) is 2.33. The zero-order chi connectivity index (χ0) is 14.3. The predicted octanol–water partition coefficient (Wildman–Crippen LogP) is 1.26. The van der Waals surface area contributed by atoms with E-state index in [9.17, 15) is 9.59 Å². The van der Waals surface area contributed by atoms with Crippen molar-refractivity contribution < 1.29 is 14.4 Å². The number of carbonyl (C=O) groups is 2. The van der Waals surface area contributed by atoms with Crippen LogP contribution in [0, 0.1) is 0 Å². The first-order valence-corrected chi connectivity index (χ1v) is 5.83. The second-order valence-electron chi connectivity index (χ2n) is 3.92. The molecule has 6 heteroatoms. The lowest BCUT2D eigenvalue weighted by atomic mass is 10.2. The van der Waals surface area contributed by atoms with Crippen LogP contribution in [0.15, 0.2) is 35.5 Å². The monoisotopic (exact) mass is 263 g/mol. The van der Waals surface area contributed by atoms with Gasteiger partial charge in [0.25, 0.3) is 0 Å². The van der Waals surface area contributed by atoms with Gasteiger partial charge in [0.15, 0.2) is 0 Å². The summed E-state index contributed by atoms with van der Waals surface area (Å²) in [5.74, 6) is -0.460. The van der Waals surface area contributed by atoms with E-state index in [1.54, 1.807) is 4.90 Å². The molecule has 0 atom stereocenters. The second kappa shape index (κ2) is 7.15. The SMILES string of the molecule is CC(=O)O/N=C(/N)CCN(C(C)=O)c1ccccc1. The number of benzene rings is 1. The highest BCUT2D eigenvalue weighted by molar-refractivity contribution is 5.92. The lowest BCUT2D eigenvalue weighted by molar-refractivity contribution is -0.141. The van der Waals surface area contributed by atoms with Gasteiger partial charge in [-0.3, -0.25) is 4.79 Å². The molecule has 6 nitrogen and oxygen atoms in total. The van der Waals surface area contributed by atoms with E-state index in [-0.39, 0.29) is 11.7 Å². The summed E-state index contributed by atoms with van der Waals surface area (Å²) >= 11 is 0. The number of amidine groups is 1. The van der Waals surface area contributed by atoms with E-state index in [1.165, 1.54) is 13.8 Å². The molecule has 1 aromatic rings. The van der Waals surface area contributed by atoms with Crippen LogP contribution < -0.4 is 10.6 Å². The molecule has 0 heterocycles. The maximum Gasteiger partial charge on any atom is 0.332 e. The summed E-state index contributed by atoms with van der Waals surface area (Å²) in [6, 6.07) is 9.24. The van der Waals surface area contributed by atoms with Crippen molar-refractivity contribution in [3.63, 3.8) is 0 Å². The molecule has 0 aromatic heterocycles. The Morgan fingerprint density at radius 2 is 1.89 bits per heavy atom. The van der Waals surface area contributed by atoms with Gasteiger partial charge in [-0.25, -0.2) is 4.79 Å². The highest BCUT2D eigenvalue weighted by Crippen LogP contribution is 2.13. The van der Waals surface area contributed by atoms with E-state index in [0.717, 1.165) is 5.69 Å². The summed E-state index contributed by atoms with van der Waals surface area (Å²) in [4.78, 5) is 28.2. The van der Waals surface area contributed by atoms with Crippen molar-refractivity contribution in [3.05, 3.63) is 30.3 Å². The van der Waals surface area contributed by atoms with Gasteiger partial charge in [0.2, 0.25) is 5.91 Å². The highest BCUT2D eigenvalue weighted by atomic mass is 16.7. The zero-order valence-corrected chi connectivity index (χ0v) is 11.0. The van der Waals surface area contributed by atoms with Gasteiger partial charge < -0.3 is 15.5 Å². The number of nitrogens with zero attached hydrogens (tertiary/aromatic N) is 2. The minimum atomic E-state index is -0.533. The first-order valence-electron chi connectivity index (χ1n) is 5.83. The number of oxime groups is 1. The third-order valence-electron chi connectivity index (χ3n) is 2.33. The number of rotatable bonds is 5. The fourth-order valence-corrected chi connectivity index (χ4v) is 1.47. The van der Waals surface area contributed by atoms with E-state index in [1.807, 2.05) is 30.3 Å². The van der Waals surface area contributed by atoms with Crippen LogP contribution in [-0.4, -0.2) is 24.3 Å². The van der Waals surface area contributed by atoms with Crippen LogP contribution in [-0.2, 0) is 14.4 Å². The maximum atomic E-state index is 11.6. The van der Waals surface area contributed by atoms with Crippen LogP contribution in [0.25, 0.3) is 0 Å². The molecule has 0 saturated heterocycles. The Balaban J connectivity index is 2.64. The third kappa shape index (κ3) is 5.20. The average molecular weight is 263 g/mol. The normalized spacial score (nSPS) is 10.9. The number of carbonyl (C=O) groups excluding carboxylic acids is 2. The molecule has 0 aliphatic heterocycles. The molecular formula is C13H17N3O3. The van der Waals surface area contributed by atoms with Gasteiger partial charge in [0.05, 0.1) is 0 Å². The van der Waals surface area contributed by atoms with Gasteiger partial charge >= 0.3 is 5.97 Å². The fourth-order valence-electron chi connectivity index (χ4n) is 1.47. The Morgan fingerprint density at radius 1 is 1.26 bits per heavy atom. The van der Waals surface area contributed by atoms with Crippen molar-refractivity contribution >= 4 is 23.4 Å². The quantitative estimate of drug-likeness (QED) is 0.375. The molecule has 1 amide bonds. The average Bonchev–Trinajstić information content (AvgIpc) is 2.37. The predicted molar refractivity (Wildman–Crippen MR) is 72.5 cm³/mol. The van der Waals surface area contributed by atoms with Crippen molar-refractivity contribution in [2.75, 3.05) is 11.4 Å². The molecule has 0 spiro atoms. The molecule has 102 valence electrons. The Bertz CT molecular complexity index is 471. The molecule has 0 unspecified atom stereocenters. The van der Waals surface area contributed by atoms with E-state index < -0.39 is 5.97 Å². The topological polar surface area (TPSA) is 85.0 Å². The molecule has 0 fully saturated rings. The van der Waals surface area contributed by atoms with Crippen molar-refractivity contribution in [1.82, 2.24) is 0 Å². The van der Waals surface area contributed by atoms with Gasteiger partial charge in [-0.1, -0.05) is 23.4 Å². The first kappa shape index (κ1) is 14.7. The number of hydrogen-bond donors (Lipinski definition) is 1. The molecule has 0 saturated carbocycles. The molecular weight excluding hydrogens is 246 g/mol. The number of para-hydroxylation sites is 1. The Labute approximate surface area is 111 Å². The van der Waals surface area contributed by atoms with Crippen molar-refractivity contribution in [3.8, 4) is 0 Å². The molecule has 0 radical (unpaired) electrons. The van der Waals surface area contributed by atoms with Crippen molar-refractivity contribution in [2.45, 2.75) is 20.3 Å². The standard InChI is InChI=1S/C13H17N3O3/c1-10(17)16(12-6-4-3-5-7-12)9-8-13(14)15-19-11(2)18/h3-7H,8-9H2,1-2H3,(H2,14,15). The van der Waals surface area contributed by atoms with Gasteiger partial charge in [-0.05, 0) is 12.1 Å². The first-order chi connectivity index (χ1) is 9.00. The molecule has 0 aliphatic rings. The molecule has 2 N–H and O–H groups in total. The molecule has 19 heavy (non-hydrogen) atoms. The summed E-state index contributed by atoms with van der Waals surface area (Å²) in [7, 11) is 0. The number of nitrogens with two attached hydrogens (primary N) is 1. The summed E-state index contributed by atoms with van der Waals surface area (Å²) in [5.41, 5.74) is 6.37. The van der Waals surface area contributed by atoms with Crippen LogP contribution in [0.4, 0.5) is 5.69 Å². The molecule has 1 rings (SSSR count). The van der Waals surface area contributed by atoms with Gasteiger partial charge in [0.1, 0.15) is 5.84 Å². The Hall–Kier alpha value is -2.37. The van der Waals surface area contributed by atoms with E-state index in [4.69, 9.17) is 5.73 Å². The molecule has 1 aromatic carbocycles. The molecule has 0 bridgehead atoms. The van der Waals surface area contributed by atoms with Crippen LogP contribution in [0.3, 0.4) is 0 Å². The largest absolute Gasteiger partial charge is 0.384 e. The smallest absolute Gasteiger partial charge is 0.332 e. The number of anilines is 1.